The zero-order chi connectivity index (χ0) is 20.5. The van der Waals surface area contributed by atoms with Crippen LogP contribution in [0.25, 0.3) is 5.69 Å². The molecule has 1 saturated heterocycles. The van der Waals surface area contributed by atoms with Gasteiger partial charge in [-0.2, -0.15) is 0 Å². The summed E-state index contributed by atoms with van der Waals surface area (Å²) in [5.41, 5.74) is 2.78. The van der Waals surface area contributed by atoms with E-state index in [1.807, 2.05) is 35.9 Å². The highest BCUT2D eigenvalue weighted by Gasteiger charge is 2.33. The first-order chi connectivity index (χ1) is 14.0. The number of anilines is 2. The van der Waals surface area contributed by atoms with E-state index in [-0.39, 0.29) is 5.91 Å². The van der Waals surface area contributed by atoms with Crippen LogP contribution in [0.4, 0.5) is 20.2 Å². The minimum absolute atomic E-state index is 0.136. The molecule has 3 aromatic rings. The van der Waals surface area contributed by atoms with E-state index in [1.165, 1.54) is 6.07 Å². The Bertz CT molecular complexity index is 1070. The Balaban J connectivity index is 1.54. The number of aromatic nitrogens is 2. The molecule has 0 spiro atoms. The standard InChI is InChI=1S/C21H20F2N4O2/c1-13-11-26(12-24-13)19-6-4-15(10-20(19)29-2)27-8-7-18(21(27)28)25-14-3-5-16(22)17(23)9-14/h3-6,9-12,18,25H,7-8H2,1-2H3. The zero-order valence-electron chi connectivity index (χ0n) is 16.0. The van der Waals surface area contributed by atoms with Gasteiger partial charge in [-0.3, -0.25) is 4.79 Å². The van der Waals surface area contributed by atoms with Crippen molar-refractivity contribution in [1.82, 2.24) is 9.55 Å². The van der Waals surface area contributed by atoms with Crippen molar-refractivity contribution in [2.75, 3.05) is 23.9 Å². The van der Waals surface area contributed by atoms with Crippen molar-refractivity contribution in [3.05, 3.63) is 66.3 Å². The minimum Gasteiger partial charge on any atom is -0.494 e. The Morgan fingerprint density at radius 1 is 1.17 bits per heavy atom. The van der Waals surface area contributed by atoms with Crippen LogP contribution >= 0.6 is 0 Å². The van der Waals surface area contributed by atoms with E-state index in [0.29, 0.717) is 30.1 Å². The Kier molecular flexibility index (Phi) is 4.92. The number of methoxy groups -OCH3 is 1. The monoisotopic (exact) mass is 398 g/mol. The van der Waals surface area contributed by atoms with Crippen molar-refractivity contribution < 1.29 is 18.3 Å². The van der Waals surface area contributed by atoms with Crippen molar-refractivity contribution in [2.45, 2.75) is 19.4 Å². The number of carbonyl (C=O) groups is 1. The summed E-state index contributed by atoms with van der Waals surface area (Å²) in [6.45, 7) is 2.41. The largest absolute Gasteiger partial charge is 0.494 e. The topological polar surface area (TPSA) is 59.4 Å². The van der Waals surface area contributed by atoms with Crippen LogP contribution in [-0.2, 0) is 4.79 Å². The first-order valence-electron chi connectivity index (χ1n) is 9.18. The Labute approximate surface area is 166 Å². The Hall–Kier alpha value is -3.42. The lowest BCUT2D eigenvalue weighted by Crippen LogP contribution is -2.33. The summed E-state index contributed by atoms with van der Waals surface area (Å²) in [6.07, 6.45) is 4.14. The summed E-state index contributed by atoms with van der Waals surface area (Å²) in [5.74, 6) is -1.39. The molecular weight excluding hydrogens is 378 g/mol. The van der Waals surface area contributed by atoms with E-state index in [9.17, 15) is 13.6 Å². The molecule has 1 aliphatic heterocycles. The lowest BCUT2D eigenvalue weighted by atomic mass is 10.2. The van der Waals surface area contributed by atoms with Gasteiger partial charge in [0.15, 0.2) is 11.6 Å². The second-order valence-corrected chi connectivity index (χ2v) is 6.88. The lowest BCUT2D eigenvalue weighted by molar-refractivity contribution is -0.117. The molecule has 0 radical (unpaired) electrons. The summed E-state index contributed by atoms with van der Waals surface area (Å²) in [7, 11) is 1.58. The average Bonchev–Trinajstić information content (AvgIpc) is 3.30. The molecule has 2 heterocycles. The first-order valence-corrected chi connectivity index (χ1v) is 9.18. The molecule has 8 heteroatoms. The molecule has 29 heavy (non-hydrogen) atoms. The van der Waals surface area contributed by atoms with E-state index in [2.05, 4.69) is 10.3 Å². The summed E-state index contributed by atoms with van der Waals surface area (Å²) in [6, 6.07) is 8.53. The molecule has 1 fully saturated rings. The van der Waals surface area contributed by atoms with E-state index >= 15 is 0 Å². The van der Waals surface area contributed by atoms with E-state index in [1.54, 1.807) is 18.3 Å². The van der Waals surface area contributed by atoms with Gasteiger partial charge in [-0.05, 0) is 37.6 Å². The zero-order valence-corrected chi connectivity index (χ0v) is 16.0. The number of hydrogen-bond acceptors (Lipinski definition) is 4. The van der Waals surface area contributed by atoms with Gasteiger partial charge < -0.3 is 19.5 Å². The maximum absolute atomic E-state index is 13.4. The number of benzene rings is 2. The normalized spacial score (nSPS) is 16.3. The van der Waals surface area contributed by atoms with Gasteiger partial charge in [0.1, 0.15) is 11.8 Å². The number of amides is 1. The molecule has 2 aromatic carbocycles. The number of nitrogens with one attached hydrogen (secondary N) is 1. The van der Waals surface area contributed by atoms with Crippen LogP contribution in [0.15, 0.2) is 48.9 Å². The van der Waals surface area contributed by atoms with Crippen LogP contribution in [0, 0.1) is 18.6 Å². The molecule has 0 saturated carbocycles. The smallest absolute Gasteiger partial charge is 0.249 e. The van der Waals surface area contributed by atoms with Gasteiger partial charge in [-0.15, -0.1) is 0 Å². The predicted octanol–water partition coefficient (Wildman–Crippen LogP) is 3.68. The highest BCUT2D eigenvalue weighted by Crippen LogP contribution is 2.31. The van der Waals surface area contributed by atoms with E-state index in [4.69, 9.17) is 4.74 Å². The number of rotatable bonds is 5. The summed E-state index contributed by atoms with van der Waals surface area (Å²) in [5, 5.41) is 2.99. The molecule has 1 amide bonds. The van der Waals surface area contributed by atoms with Gasteiger partial charge in [-0.1, -0.05) is 0 Å². The van der Waals surface area contributed by atoms with Crippen LogP contribution in [-0.4, -0.2) is 35.2 Å². The number of hydrogen-bond donors (Lipinski definition) is 1. The van der Waals surface area contributed by atoms with Gasteiger partial charge in [-0.25, -0.2) is 13.8 Å². The molecule has 0 aliphatic carbocycles. The molecule has 150 valence electrons. The third kappa shape index (κ3) is 3.65. The van der Waals surface area contributed by atoms with Crippen LogP contribution in [0.2, 0.25) is 0 Å². The molecule has 1 unspecified atom stereocenters. The maximum atomic E-state index is 13.4. The number of aryl methyl sites for hydroxylation is 1. The Morgan fingerprint density at radius 3 is 2.69 bits per heavy atom. The van der Waals surface area contributed by atoms with Gasteiger partial charge >= 0.3 is 0 Å². The van der Waals surface area contributed by atoms with Gasteiger partial charge in [0, 0.05) is 36.2 Å². The first kappa shape index (κ1) is 18.9. The molecular formula is C21H20F2N4O2. The highest BCUT2D eigenvalue weighted by atomic mass is 19.2. The molecule has 6 nitrogen and oxygen atoms in total. The second kappa shape index (κ2) is 7.54. The summed E-state index contributed by atoms with van der Waals surface area (Å²) in [4.78, 5) is 18.7. The van der Waals surface area contributed by atoms with Gasteiger partial charge in [0.2, 0.25) is 5.91 Å². The third-order valence-corrected chi connectivity index (χ3v) is 4.93. The van der Waals surface area contributed by atoms with Crippen LogP contribution in [0.5, 0.6) is 5.75 Å². The van der Waals surface area contributed by atoms with Crippen LogP contribution < -0.4 is 15.0 Å². The van der Waals surface area contributed by atoms with Crippen molar-refractivity contribution in [2.24, 2.45) is 0 Å². The second-order valence-electron chi connectivity index (χ2n) is 6.88. The van der Waals surface area contributed by atoms with Crippen LogP contribution in [0.3, 0.4) is 0 Å². The van der Waals surface area contributed by atoms with E-state index in [0.717, 1.165) is 23.5 Å². The Morgan fingerprint density at radius 2 is 2.00 bits per heavy atom. The van der Waals surface area contributed by atoms with Gasteiger partial charge in [0.25, 0.3) is 0 Å². The third-order valence-electron chi connectivity index (χ3n) is 4.93. The summed E-state index contributed by atoms with van der Waals surface area (Å²) >= 11 is 0. The molecule has 1 N–H and O–H groups in total. The predicted molar refractivity (Wildman–Crippen MR) is 106 cm³/mol. The van der Waals surface area contributed by atoms with Crippen molar-refractivity contribution in [3.8, 4) is 11.4 Å². The van der Waals surface area contributed by atoms with Crippen LogP contribution in [0.1, 0.15) is 12.1 Å². The average molecular weight is 398 g/mol. The maximum Gasteiger partial charge on any atom is 0.249 e. The van der Waals surface area contributed by atoms with Crippen molar-refractivity contribution in [1.29, 1.82) is 0 Å². The molecule has 4 rings (SSSR count). The highest BCUT2D eigenvalue weighted by molar-refractivity contribution is 6.01. The number of imidazole rings is 1. The van der Waals surface area contributed by atoms with Crippen molar-refractivity contribution in [3.63, 3.8) is 0 Å². The molecule has 1 aliphatic rings. The number of nitrogens with zero attached hydrogens (tertiary/aromatic N) is 3. The summed E-state index contributed by atoms with van der Waals surface area (Å²) < 4.78 is 33.9. The molecule has 1 atom stereocenters. The van der Waals surface area contributed by atoms with E-state index < -0.39 is 17.7 Å². The fourth-order valence-electron chi connectivity index (χ4n) is 3.46. The fourth-order valence-corrected chi connectivity index (χ4v) is 3.46. The number of ether oxygens (including phenoxy) is 1. The quantitative estimate of drug-likeness (QED) is 0.712. The number of carbonyl (C=O) groups excluding carboxylic acids is 1. The molecule has 0 bridgehead atoms. The van der Waals surface area contributed by atoms with Gasteiger partial charge in [0.05, 0.1) is 24.8 Å². The van der Waals surface area contributed by atoms with Crippen molar-refractivity contribution >= 4 is 17.3 Å². The minimum atomic E-state index is -0.952. The lowest BCUT2D eigenvalue weighted by Gasteiger charge is -2.20. The fraction of sp³-hybridized carbons (Fsp3) is 0.238. The number of halogens is 2. The SMILES string of the molecule is COc1cc(N2CCC(Nc3ccc(F)c(F)c3)C2=O)ccc1-n1cnc(C)c1. The molecule has 1 aromatic heterocycles.